The summed E-state index contributed by atoms with van der Waals surface area (Å²) in [6, 6.07) is 1.57. The van der Waals surface area contributed by atoms with Gasteiger partial charge < -0.3 is 14.6 Å². The van der Waals surface area contributed by atoms with Gasteiger partial charge in [0.25, 0.3) is 0 Å². The molecule has 0 saturated carbocycles. The van der Waals surface area contributed by atoms with Gasteiger partial charge in [0.05, 0.1) is 14.2 Å². The number of Topliss-reactive ketones (excluding diaryl/α,β-unsaturated/α-hetero) is 1. The molecule has 80 valence electrons. The molecule has 0 heterocycles. The number of carbonyl (C=O) groups is 1. The van der Waals surface area contributed by atoms with Crippen LogP contribution in [-0.2, 0) is 6.42 Å². The summed E-state index contributed by atoms with van der Waals surface area (Å²) in [6.07, 6.45) is 1.09. The lowest BCUT2D eigenvalue weighted by atomic mass is 10.1. The maximum absolute atomic E-state index is 11.5. The van der Waals surface area contributed by atoms with Crippen molar-refractivity contribution in [3.63, 3.8) is 0 Å². The highest BCUT2D eigenvalue weighted by Crippen LogP contribution is 2.44. The van der Waals surface area contributed by atoms with Gasteiger partial charge in [-0.25, -0.2) is 0 Å². The van der Waals surface area contributed by atoms with Gasteiger partial charge in [0.15, 0.2) is 17.3 Å². The molecule has 2 rings (SSSR count). The van der Waals surface area contributed by atoms with Crippen LogP contribution in [0, 0.1) is 0 Å². The fraction of sp³-hybridized carbons (Fsp3) is 0.364. The van der Waals surface area contributed by atoms with Gasteiger partial charge in [-0.3, -0.25) is 4.79 Å². The van der Waals surface area contributed by atoms with Crippen molar-refractivity contribution in [1.29, 1.82) is 0 Å². The van der Waals surface area contributed by atoms with E-state index < -0.39 is 0 Å². The summed E-state index contributed by atoms with van der Waals surface area (Å²) in [5, 5.41) is 9.78. The number of phenols is 1. The Morgan fingerprint density at radius 3 is 2.60 bits per heavy atom. The zero-order valence-corrected chi connectivity index (χ0v) is 8.66. The van der Waals surface area contributed by atoms with Gasteiger partial charge >= 0.3 is 0 Å². The average Bonchev–Trinajstić information content (AvgIpc) is 2.59. The van der Waals surface area contributed by atoms with Crippen LogP contribution in [0.1, 0.15) is 22.3 Å². The van der Waals surface area contributed by atoms with Crippen LogP contribution in [0.25, 0.3) is 0 Å². The van der Waals surface area contributed by atoms with Gasteiger partial charge in [0.1, 0.15) is 0 Å². The van der Waals surface area contributed by atoms with Gasteiger partial charge in [-0.2, -0.15) is 0 Å². The smallest absolute Gasteiger partial charge is 0.201 e. The second-order valence-corrected chi connectivity index (χ2v) is 3.41. The molecule has 0 saturated heterocycles. The van der Waals surface area contributed by atoms with E-state index in [0.717, 1.165) is 5.56 Å². The van der Waals surface area contributed by atoms with Crippen LogP contribution in [0.3, 0.4) is 0 Å². The zero-order valence-electron chi connectivity index (χ0n) is 8.66. The number of methoxy groups -OCH3 is 2. The lowest BCUT2D eigenvalue weighted by Gasteiger charge is -2.12. The predicted octanol–water partition coefficient (Wildman–Crippen LogP) is 1.54. The molecule has 1 aromatic rings. The Morgan fingerprint density at radius 2 is 2.00 bits per heavy atom. The number of rotatable bonds is 2. The molecule has 0 atom stereocenters. The van der Waals surface area contributed by atoms with Gasteiger partial charge in [0, 0.05) is 17.5 Å². The molecular formula is C11H12O4. The molecule has 0 bridgehead atoms. The van der Waals surface area contributed by atoms with E-state index in [1.807, 2.05) is 0 Å². The number of phenolic OH excluding ortho intramolecular Hbond substituents is 1. The zero-order chi connectivity index (χ0) is 11.0. The van der Waals surface area contributed by atoms with Crippen molar-refractivity contribution in [2.75, 3.05) is 14.2 Å². The molecule has 0 radical (unpaired) electrons. The molecule has 0 amide bonds. The number of hydrogen-bond acceptors (Lipinski definition) is 4. The average molecular weight is 208 g/mol. The van der Waals surface area contributed by atoms with E-state index >= 15 is 0 Å². The third kappa shape index (κ3) is 1.33. The summed E-state index contributed by atoms with van der Waals surface area (Å²) in [4.78, 5) is 11.5. The largest absolute Gasteiger partial charge is 0.502 e. The van der Waals surface area contributed by atoms with Crippen LogP contribution in [0.2, 0.25) is 0 Å². The highest BCUT2D eigenvalue weighted by Gasteiger charge is 2.27. The van der Waals surface area contributed by atoms with E-state index in [4.69, 9.17) is 9.47 Å². The number of carbonyl (C=O) groups excluding carboxylic acids is 1. The standard InChI is InChI=1S/C11H12O4/c1-14-9-5-7-6(3-4-8(7)12)11(15-2)10(9)13/h5,13H,3-4H2,1-2H3. The number of ketones is 1. The molecule has 15 heavy (non-hydrogen) atoms. The van der Waals surface area contributed by atoms with Crippen molar-refractivity contribution in [3.05, 3.63) is 17.2 Å². The van der Waals surface area contributed by atoms with E-state index in [1.54, 1.807) is 6.07 Å². The van der Waals surface area contributed by atoms with Crippen LogP contribution in [0.5, 0.6) is 17.2 Å². The second-order valence-electron chi connectivity index (χ2n) is 3.41. The van der Waals surface area contributed by atoms with Crippen molar-refractivity contribution >= 4 is 5.78 Å². The highest BCUT2D eigenvalue weighted by atomic mass is 16.5. The van der Waals surface area contributed by atoms with Crippen molar-refractivity contribution < 1.29 is 19.4 Å². The predicted molar refractivity (Wildman–Crippen MR) is 53.9 cm³/mol. The lowest BCUT2D eigenvalue weighted by molar-refractivity contribution is 0.0994. The van der Waals surface area contributed by atoms with E-state index in [2.05, 4.69) is 0 Å². The maximum atomic E-state index is 11.5. The Kier molecular flexibility index (Phi) is 2.26. The Balaban J connectivity index is 2.68. The monoisotopic (exact) mass is 208 g/mol. The highest BCUT2D eigenvalue weighted by molar-refractivity contribution is 6.02. The summed E-state index contributed by atoms with van der Waals surface area (Å²) >= 11 is 0. The molecule has 1 N–H and O–H groups in total. The molecule has 4 nitrogen and oxygen atoms in total. The normalized spacial score (nSPS) is 13.9. The van der Waals surface area contributed by atoms with Crippen LogP contribution in [0.15, 0.2) is 6.07 Å². The van der Waals surface area contributed by atoms with Crippen molar-refractivity contribution in [1.82, 2.24) is 0 Å². The summed E-state index contributed by atoms with van der Waals surface area (Å²) in [7, 11) is 2.91. The van der Waals surface area contributed by atoms with Crippen LogP contribution < -0.4 is 9.47 Å². The Hall–Kier alpha value is -1.71. The van der Waals surface area contributed by atoms with Crippen molar-refractivity contribution in [2.24, 2.45) is 0 Å². The second kappa shape index (κ2) is 3.46. The molecule has 0 aliphatic heterocycles. The van der Waals surface area contributed by atoms with Crippen LogP contribution in [0.4, 0.5) is 0 Å². The molecule has 1 aromatic carbocycles. The molecule has 1 aliphatic rings. The van der Waals surface area contributed by atoms with E-state index in [-0.39, 0.29) is 17.3 Å². The maximum Gasteiger partial charge on any atom is 0.201 e. The van der Waals surface area contributed by atoms with E-state index in [1.165, 1.54) is 14.2 Å². The minimum Gasteiger partial charge on any atom is -0.502 e. The first-order valence-electron chi connectivity index (χ1n) is 4.69. The van der Waals surface area contributed by atoms with Gasteiger partial charge in [0.2, 0.25) is 5.75 Å². The molecule has 0 unspecified atom stereocenters. The fourth-order valence-corrected chi connectivity index (χ4v) is 1.91. The van der Waals surface area contributed by atoms with Gasteiger partial charge in [-0.1, -0.05) is 0 Å². The molecule has 4 heteroatoms. The summed E-state index contributed by atoms with van der Waals surface area (Å²) < 4.78 is 10.1. The Morgan fingerprint density at radius 1 is 1.27 bits per heavy atom. The quantitative estimate of drug-likeness (QED) is 0.800. The van der Waals surface area contributed by atoms with E-state index in [9.17, 15) is 9.90 Å². The van der Waals surface area contributed by atoms with Gasteiger partial charge in [-0.15, -0.1) is 0 Å². The molecule has 0 spiro atoms. The first kappa shape index (κ1) is 9.83. The van der Waals surface area contributed by atoms with E-state index in [0.29, 0.717) is 24.2 Å². The van der Waals surface area contributed by atoms with Crippen molar-refractivity contribution in [2.45, 2.75) is 12.8 Å². The molecular weight excluding hydrogens is 196 g/mol. The number of ether oxygens (including phenoxy) is 2. The molecule has 1 aliphatic carbocycles. The molecule has 0 fully saturated rings. The third-order valence-electron chi connectivity index (χ3n) is 2.65. The number of benzene rings is 1. The lowest BCUT2D eigenvalue weighted by Crippen LogP contribution is -1.97. The fourth-order valence-electron chi connectivity index (χ4n) is 1.91. The van der Waals surface area contributed by atoms with Crippen LogP contribution in [-0.4, -0.2) is 25.1 Å². The number of aromatic hydroxyl groups is 1. The minimum absolute atomic E-state index is 0.0338. The number of fused-ring (bicyclic) bond motifs is 1. The third-order valence-corrected chi connectivity index (χ3v) is 2.65. The SMILES string of the molecule is COc1cc2c(c(OC)c1O)CCC2=O. The Bertz CT molecular complexity index is 423. The Labute approximate surface area is 87.4 Å². The topological polar surface area (TPSA) is 55.8 Å². The van der Waals surface area contributed by atoms with Crippen LogP contribution >= 0.6 is 0 Å². The molecule has 0 aromatic heterocycles. The summed E-state index contributed by atoms with van der Waals surface area (Å²) in [5.41, 5.74) is 1.38. The number of hydrogen-bond donors (Lipinski definition) is 1. The van der Waals surface area contributed by atoms with Crippen molar-refractivity contribution in [3.8, 4) is 17.2 Å². The first-order chi connectivity index (χ1) is 7.19. The first-order valence-corrected chi connectivity index (χ1v) is 4.69. The summed E-state index contributed by atoms with van der Waals surface area (Å²) in [5.74, 6) is 0.672. The minimum atomic E-state index is -0.0338. The van der Waals surface area contributed by atoms with Gasteiger partial charge in [-0.05, 0) is 12.5 Å². The summed E-state index contributed by atoms with van der Waals surface area (Å²) in [6.45, 7) is 0.